The Kier molecular flexibility index (Phi) is 7.64. The van der Waals surface area contributed by atoms with Gasteiger partial charge in [0.15, 0.2) is 15.8 Å². The van der Waals surface area contributed by atoms with Gasteiger partial charge in [-0.2, -0.15) is 0 Å². The van der Waals surface area contributed by atoms with E-state index in [1.807, 2.05) is 20.8 Å². The Balaban J connectivity index is 2.50. The Hall–Kier alpha value is -1.31. The van der Waals surface area contributed by atoms with Crippen LogP contribution in [0.4, 0.5) is 0 Å². The number of aliphatic imine (C=N–C) groups is 1. The molecular weight excluding hydrogens is 304 g/mol. The van der Waals surface area contributed by atoms with Crippen molar-refractivity contribution < 1.29 is 13.2 Å². The minimum atomic E-state index is -2.91. The molecule has 0 aromatic heterocycles. The summed E-state index contributed by atoms with van der Waals surface area (Å²) in [6.07, 6.45) is 0.965. The van der Waals surface area contributed by atoms with Crippen LogP contribution in [-0.2, 0) is 14.6 Å². The average Bonchev–Trinajstić information content (AvgIpc) is 2.79. The van der Waals surface area contributed by atoms with Gasteiger partial charge in [0, 0.05) is 32.1 Å². The van der Waals surface area contributed by atoms with Crippen molar-refractivity contribution in [1.29, 1.82) is 0 Å². The summed E-state index contributed by atoms with van der Waals surface area (Å²) in [6, 6.07) is -0.0960. The maximum absolute atomic E-state index is 11.9. The fourth-order valence-corrected chi connectivity index (χ4v) is 4.09. The zero-order valence-corrected chi connectivity index (χ0v) is 14.6. The molecule has 1 fully saturated rings. The van der Waals surface area contributed by atoms with Gasteiger partial charge in [-0.25, -0.2) is 8.42 Å². The van der Waals surface area contributed by atoms with Gasteiger partial charge in [0.2, 0.25) is 5.91 Å². The minimum Gasteiger partial charge on any atom is -0.357 e. The molecule has 0 radical (unpaired) electrons. The molecule has 2 N–H and O–H groups in total. The van der Waals surface area contributed by atoms with E-state index in [9.17, 15) is 13.2 Å². The molecule has 0 bridgehead atoms. The van der Waals surface area contributed by atoms with E-state index >= 15 is 0 Å². The summed E-state index contributed by atoms with van der Waals surface area (Å²) in [5.74, 6) is 1.05. The highest BCUT2D eigenvalue weighted by Crippen LogP contribution is 2.10. The fraction of sp³-hybridized carbons (Fsp3) is 0.857. The van der Waals surface area contributed by atoms with Crippen molar-refractivity contribution in [3.63, 3.8) is 0 Å². The quantitative estimate of drug-likeness (QED) is 0.505. The lowest BCUT2D eigenvalue weighted by molar-refractivity contribution is -0.130. The summed E-state index contributed by atoms with van der Waals surface area (Å²) >= 11 is 0. The second-order valence-corrected chi connectivity index (χ2v) is 7.55. The predicted molar refractivity (Wildman–Crippen MR) is 88.7 cm³/mol. The van der Waals surface area contributed by atoms with E-state index in [0.717, 1.165) is 0 Å². The lowest BCUT2D eigenvalue weighted by Gasteiger charge is -2.18. The Morgan fingerprint density at radius 1 is 1.27 bits per heavy atom. The summed E-state index contributed by atoms with van der Waals surface area (Å²) in [5, 5.41) is 6.23. The van der Waals surface area contributed by atoms with Gasteiger partial charge in [0.1, 0.15) is 0 Å². The summed E-state index contributed by atoms with van der Waals surface area (Å²) in [4.78, 5) is 18.1. The van der Waals surface area contributed by atoms with Crippen LogP contribution in [0.25, 0.3) is 0 Å². The first-order valence-corrected chi connectivity index (χ1v) is 9.77. The molecule has 1 aliphatic heterocycles. The molecule has 0 aromatic rings. The minimum absolute atomic E-state index is 0.0908. The number of guanidine groups is 1. The summed E-state index contributed by atoms with van der Waals surface area (Å²) in [7, 11) is -2.91. The molecule has 0 aliphatic carbocycles. The average molecular weight is 332 g/mol. The normalized spacial score (nSPS) is 20.7. The van der Waals surface area contributed by atoms with Crippen molar-refractivity contribution in [2.75, 3.05) is 37.7 Å². The molecule has 1 saturated heterocycles. The van der Waals surface area contributed by atoms with Crippen molar-refractivity contribution in [1.82, 2.24) is 15.5 Å². The van der Waals surface area contributed by atoms with Crippen molar-refractivity contribution in [2.24, 2.45) is 4.99 Å². The molecule has 8 heteroatoms. The molecule has 1 unspecified atom stereocenters. The van der Waals surface area contributed by atoms with E-state index in [1.54, 1.807) is 4.90 Å². The Labute approximate surface area is 133 Å². The number of sulfone groups is 1. The molecular formula is C14H28N4O3S. The van der Waals surface area contributed by atoms with E-state index in [1.165, 1.54) is 0 Å². The molecule has 0 aromatic carbocycles. The van der Waals surface area contributed by atoms with Crippen LogP contribution in [0.3, 0.4) is 0 Å². The van der Waals surface area contributed by atoms with Crippen LogP contribution < -0.4 is 10.6 Å². The molecule has 22 heavy (non-hydrogen) atoms. The van der Waals surface area contributed by atoms with E-state index in [2.05, 4.69) is 15.6 Å². The van der Waals surface area contributed by atoms with Gasteiger partial charge in [-0.3, -0.25) is 9.79 Å². The SMILES string of the molecule is CCNC(=NCCC(=O)N(CC)CC)NC1CCS(=O)(=O)C1. The zero-order valence-electron chi connectivity index (χ0n) is 13.8. The monoisotopic (exact) mass is 332 g/mol. The first kappa shape index (κ1) is 18.7. The second kappa shape index (κ2) is 8.97. The standard InChI is InChI=1S/C14H28N4O3S/c1-4-15-14(17-12-8-10-22(20,21)11-12)16-9-7-13(19)18(5-2)6-3/h12H,4-11H2,1-3H3,(H2,15,16,17). The van der Waals surface area contributed by atoms with Crippen LogP contribution in [0.2, 0.25) is 0 Å². The predicted octanol–water partition coefficient (Wildman–Crippen LogP) is -0.0129. The smallest absolute Gasteiger partial charge is 0.224 e. The topological polar surface area (TPSA) is 90.9 Å². The van der Waals surface area contributed by atoms with E-state index < -0.39 is 9.84 Å². The summed E-state index contributed by atoms with van der Waals surface area (Å²) < 4.78 is 22.9. The van der Waals surface area contributed by atoms with Gasteiger partial charge in [-0.05, 0) is 27.2 Å². The molecule has 1 atom stereocenters. The highest BCUT2D eigenvalue weighted by Gasteiger charge is 2.28. The molecule has 128 valence electrons. The number of hydrogen-bond acceptors (Lipinski definition) is 4. The number of amides is 1. The van der Waals surface area contributed by atoms with Crippen LogP contribution in [0.5, 0.6) is 0 Å². The number of nitrogens with one attached hydrogen (secondary N) is 2. The van der Waals surface area contributed by atoms with Gasteiger partial charge < -0.3 is 15.5 Å². The van der Waals surface area contributed by atoms with Gasteiger partial charge >= 0.3 is 0 Å². The van der Waals surface area contributed by atoms with Crippen LogP contribution in [0.15, 0.2) is 4.99 Å². The van der Waals surface area contributed by atoms with Crippen molar-refractivity contribution in [3.8, 4) is 0 Å². The second-order valence-electron chi connectivity index (χ2n) is 5.32. The Morgan fingerprint density at radius 3 is 2.45 bits per heavy atom. The van der Waals surface area contributed by atoms with Crippen molar-refractivity contribution in [2.45, 2.75) is 39.7 Å². The van der Waals surface area contributed by atoms with Crippen LogP contribution in [0, 0.1) is 0 Å². The Morgan fingerprint density at radius 2 is 1.95 bits per heavy atom. The number of nitrogens with zero attached hydrogens (tertiary/aromatic N) is 2. The highest BCUT2D eigenvalue weighted by molar-refractivity contribution is 7.91. The molecule has 1 aliphatic rings. The Bertz CT molecular complexity index is 486. The van der Waals surface area contributed by atoms with Gasteiger partial charge in [-0.15, -0.1) is 0 Å². The van der Waals surface area contributed by atoms with Gasteiger partial charge in [0.25, 0.3) is 0 Å². The number of carbonyl (C=O) groups excluding carboxylic acids is 1. The first-order valence-electron chi connectivity index (χ1n) is 7.94. The fourth-order valence-electron chi connectivity index (χ4n) is 2.42. The number of rotatable bonds is 7. The third-order valence-corrected chi connectivity index (χ3v) is 5.40. The summed E-state index contributed by atoms with van der Waals surface area (Å²) in [6.45, 7) is 8.35. The lowest BCUT2D eigenvalue weighted by Crippen LogP contribution is -2.44. The van der Waals surface area contributed by atoms with Crippen molar-refractivity contribution in [3.05, 3.63) is 0 Å². The molecule has 7 nitrogen and oxygen atoms in total. The van der Waals surface area contributed by atoms with E-state index in [0.29, 0.717) is 45.0 Å². The molecule has 0 saturated carbocycles. The highest BCUT2D eigenvalue weighted by atomic mass is 32.2. The maximum Gasteiger partial charge on any atom is 0.224 e. The third kappa shape index (κ3) is 6.21. The zero-order chi connectivity index (χ0) is 16.6. The molecule has 1 heterocycles. The molecule has 0 spiro atoms. The van der Waals surface area contributed by atoms with E-state index in [-0.39, 0.29) is 23.5 Å². The lowest BCUT2D eigenvalue weighted by atomic mass is 10.3. The largest absolute Gasteiger partial charge is 0.357 e. The number of carbonyl (C=O) groups is 1. The van der Waals surface area contributed by atoms with E-state index in [4.69, 9.17) is 0 Å². The maximum atomic E-state index is 11.9. The van der Waals surface area contributed by atoms with Gasteiger partial charge in [-0.1, -0.05) is 0 Å². The van der Waals surface area contributed by atoms with Gasteiger partial charge in [0.05, 0.1) is 18.1 Å². The molecule has 1 rings (SSSR count). The van der Waals surface area contributed by atoms with Crippen LogP contribution in [0.1, 0.15) is 33.6 Å². The third-order valence-electron chi connectivity index (χ3n) is 3.63. The van der Waals surface area contributed by atoms with Crippen molar-refractivity contribution >= 4 is 21.7 Å². The van der Waals surface area contributed by atoms with Crippen LogP contribution >= 0.6 is 0 Å². The molecule has 1 amide bonds. The number of hydrogen-bond donors (Lipinski definition) is 2. The van der Waals surface area contributed by atoms with Crippen LogP contribution in [-0.4, -0.2) is 68.9 Å². The summed E-state index contributed by atoms with van der Waals surface area (Å²) in [5.41, 5.74) is 0. The first-order chi connectivity index (χ1) is 10.4.